The number of nitrogens with zero attached hydrogens (tertiary/aromatic N) is 3. The Kier molecular flexibility index (Phi) is 5.93. The normalized spacial score (nSPS) is 17.0. The van der Waals surface area contributed by atoms with E-state index < -0.39 is 11.3 Å². The molecule has 0 aliphatic carbocycles. The van der Waals surface area contributed by atoms with Gasteiger partial charge in [0.15, 0.2) is 5.82 Å². The van der Waals surface area contributed by atoms with Gasteiger partial charge in [0, 0.05) is 11.3 Å². The SMILES string of the molecule is COc1ccc([C@H]2Nn3c(nnc3-c3ccccc3)S[C@H]2C(=O)Nc2ccccc2)cc1Cl. The van der Waals surface area contributed by atoms with Crippen molar-refractivity contribution >= 4 is 35.0 Å². The van der Waals surface area contributed by atoms with E-state index in [2.05, 4.69) is 20.9 Å². The molecule has 0 saturated carbocycles. The number of aromatic nitrogens is 3. The Bertz CT molecular complexity index is 1280. The van der Waals surface area contributed by atoms with Crippen molar-refractivity contribution in [2.24, 2.45) is 0 Å². The van der Waals surface area contributed by atoms with Crippen molar-refractivity contribution in [2.45, 2.75) is 16.4 Å². The number of hydrogen-bond donors (Lipinski definition) is 2. The number of thioether (sulfide) groups is 1. The predicted molar refractivity (Wildman–Crippen MR) is 130 cm³/mol. The van der Waals surface area contributed by atoms with Gasteiger partial charge in [-0.2, -0.15) is 0 Å². The maximum Gasteiger partial charge on any atom is 0.240 e. The number of hydrogen-bond acceptors (Lipinski definition) is 6. The van der Waals surface area contributed by atoms with Gasteiger partial charge in [0.25, 0.3) is 0 Å². The Morgan fingerprint density at radius 1 is 1.06 bits per heavy atom. The predicted octanol–water partition coefficient (Wildman–Crippen LogP) is 5.00. The monoisotopic (exact) mass is 477 g/mol. The van der Waals surface area contributed by atoms with Crippen LogP contribution in [-0.2, 0) is 4.79 Å². The molecule has 1 aliphatic heterocycles. The Morgan fingerprint density at radius 2 is 1.79 bits per heavy atom. The van der Waals surface area contributed by atoms with Gasteiger partial charge in [-0.1, -0.05) is 78.0 Å². The first-order valence-corrected chi connectivity index (χ1v) is 11.5. The number of methoxy groups -OCH3 is 1. The molecule has 0 fully saturated rings. The van der Waals surface area contributed by atoms with Gasteiger partial charge in [0.05, 0.1) is 18.2 Å². The van der Waals surface area contributed by atoms with E-state index >= 15 is 0 Å². The fourth-order valence-corrected chi connectivity index (χ4v) is 5.04. The fourth-order valence-electron chi connectivity index (χ4n) is 3.69. The van der Waals surface area contributed by atoms with Crippen LogP contribution in [0.1, 0.15) is 11.6 Å². The molecule has 0 unspecified atom stereocenters. The van der Waals surface area contributed by atoms with Gasteiger partial charge in [-0.25, -0.2) is 4.68 Å². The van der Waals surface area contributed by atoms with Gasteiger partial charge in [0.1, 0.15) is 11.0 Å². The number of anilines is 1. The van der Waals surface area contributed by atoms with Crippen molar-refractivity contribution < 1.29 is 9.53 Å². The molecule has 33 heavy (non-hydrogen) atoms. The lowest BCUT2D eigenvalue weighted by Crippen LogP contribution is -2.41. The molecule has 1 aromatic heterocycles. The lowest BCUT2D eigenvalue weighted by atomic mass is 10.0. The third kappa shape index (κ3) is 4.27. The lowest BCUT2D eigenvalue weighted by Gasteiger charge is -2.33. The number of nitrogens with one attached hydrogen (secondary N) is 2. The number of ether oxygens (including phenoxy) is 1. The molecule has 1 aliphatic rings. The molecule has 2 N–H and O–H groups in total. The largest absolute Gasteiger partial charge is 0.495 e. The number of carbonyl (C=O) groups excluding carboxylic acids is 1. The van der Waals surface area contributed by atoms with Gasteiger partial charge < -0.3 is 15.5 Å². The zero-order chi connectivity index (χ0) is 22.8. The summed E-state index contributed by atoms with van der Waals surface area (Å²) in [6.45, 7) is 0. The summed E-state index contributed by atoms with van der Waals surface area (Å²) in [6, 6.07) is 24.3. The molecule has 0 saturated heterocycles. The Hall–Kier alpha value is -3.49. The highest BCUT2D eigenvalue weighted by Gasteiger charge is 2.38. The van der Waals surface area contributed by atoms with Crippen molar-refractivity contribution in [1.29, 1.82) is 0 Å². The van der Waals surface area contributed by atoms with Crippen molar-refractivity contribution in [3.05, 3.63) is 89.4 Å². The standard InChI is InChI=1S/C24H20ClN5O2S/c1-32-19-13-12-16(14-18(19)25)20-21(23(31)26-17-10-6-3-7-11-17)33-24-28-27-22(30(24)29-20)15-8-4-2-5-9-15/h2-14,20-21,29H,1H3,(H,26,31)/t20-,21-/m1/s1. The minimum atomic E-state index is -0.519. The first-order valence-electron chi connectivity index (χ1n) is 10.3. The molecule has 0 radical (unpaired) electrons. The third-order valence-electron chi connectivity index (χ3n) is 5.30. The highest BCUT2D eigenvalue weighted by molar-refractivity contribution is 8.00. The summed E-state index contributed by atoms with van der Waals surface area (Å²) < 4.78 is 7.13. The van der Waals surface area contributed by atoms with E-state index in [1.165, 1.54) is 11.8 Å². The molecule has 4 aromatic rings. The summed E-state index contributed by atoms with van der Waals surface area (Å²) >= 11 is 7.78. The van der Waals surface area contributed by atoms with Crippen LogP contribution in [0.2, 0.25) is 5.02 Å². The molecule has 166 valence electrons. The summed E-state index contributed by atoms with van der Waals surface area (Å²) in [5, 5.41) is 12.3. The molecular formula is C24H20ClN5O2S. The zero-order valence-corrected chi connectivity index (χ0v) is 19.2. The highest BCUT2D eigenvalue weighted by atomic mass is 35.5. The molecular weight excluding hydrogens is 458 g/mol. The zero-order valence-electron chi connectivity index (χ0n) is 17.6. The number of benzene rings is 3. The quantitative estimate of drug-likeness (QED) is 0.421. The van der Waals surface area contributed by atoms with Crippen LogP contribution in [0.5, 0.6) is 5.75 Å². The van der Waals surface area contributed by atoms with Crippen LogP contribution in [0.4, 0.5) is 5.69 Å². The second kappa shape index (κ2) is 9.17. The number of amides is 1. The Balaban J connectivity index is 1.53. The summed E-state index contributed by atoms with van der Waals surface area (Å²) in [5.41, 5.74) is 5.95. The average molecular weight is 478 g/mol. The third-order valence-corrected chi connectivity index (χ3v) is 6.81. The maximum absolute atomic E-state index is 13.4. The molecule has 7 nitrogen and oxygen atoms in total. The molecule has 2 atom stereocenters. The van der Waals surface area contributed by atoms with E-state index in [0.29, 0.717) is 21.8 Å². The van der Waals surface area contributed by atoms with Gasteiger partial charge in [-0.15, -0.1) is 10.2 Å². The van der Waals surface area contributed by atoms with Gasteiger partial charge >= 0.3 is 0 Å². The van der Waals surface area contributed by atoms with Crippen LogP contribution in [0.3, 0.4) is 0 Å². The van der Waals surface area contributed by atoms with Crippen LogP contribution in [0.25, 0.3) is 11.4 Å². The van der Waals surface area contributed by atoms with Gasteiger partial charge in [0.2, 0.25) is 11.1 Å². The smallest absolute Gasteiger partial charge is 0.240 e. The topological polar surface area (TPSA) is 81.1 Å². The van der Waals surface area contributed by atoms with Crippen LogP contribution >= 0.6 is 23.4 Å². The summed E-state index contributed by atoms with van der Waals surface area (Å²) in [6.07, 6.45) is 0. The summed E-state index contributed by atoms with van der Waals surface area (Å²) in [7, 11) is 1.57. The number of halogens is 1. The number of fused-ring (bicyclic) bond motifs is 1. The van der Waals surface area contributed by atoms with E-state index in [9.17, 15) is 4.79 Å². The van der Waals surface area contributed by atoms with E-state index in [1.54, 1.807) is 13.2 Å². The van der Waals surface area contributed by atoms with E-state index in [-0.39, 0.29) is 5.91 Å². The van der Waals surface area contributed by atoms with Crippen molar-refractivity contribution in [3.63, 3.8) is 0 Å². The molecule has 0 spiro atoms. The summed E-state index contributed by atoms with van der Waals surface area (Å²) in [5.74, 6) is 1.10. The number of para-hydroxylation sites is 1. The minimum absolute atomic E-state index is 0.147. The average Bonchev–Trinajstić information content (AvgIpc) is 3.27. The van der Waals surface area contributed by atoms with Crippen LogP contribution in [0.15, 0.2) is 84.0 Å². The summed E-state index contributed by atoms with van der Waals surface area (Å²) in [4.78, 5) is 13.4. The van der Waals surface area contributed by atoms with E-state index in [4.69, 9.17) is 16.3 Å². The van der Waals surface area contributed by atoms with Crippen LogP contribution in [0, 0.1) is 0 Å². The van der Waals surface area contributed by atoms with Crippen molar-refractivity contribution in [3.8, 4) is 17.1 Å². The van der Waals surface area contributed by atoms with Gasteiger partial charge in [-0.3, -0.25) is 4.79 Å². The maximum atomic E-state index is 13.4. The van der Waals surface area contributed by atoms with Crippen molar-refractivity contribution in [1.82, 2.24) is 14.9 Å². The number of rotatable bonds is 5. The molecule has 0 bridgehead atoms. The van der Waals surface area contributed by atoms with Crippen LogP contribution in [-0.4, -0.2) is 33.1 Å². The first kappa shape index (κ1) is 21.4. The van der Waals surface area contributed by atoms with Gasteiger partial charge in [-0.05, 0) is 29.8 Å². The molecule has 5 rings (SSSR count). The minimum Gasteiger partial charge on any atom is -0.495 e. The highest BCUT2D eigenvalue weighted by Crippen LogP contribution is 2.40. The first-order chi connectivity index (χ1) is 16.1. The molecule has 9 heteroatoms. The van der Waals surface area contributed by atoms with Crippen molar-refractivity contribution in [2.75, 3.05) is 17.9 Å². The Labute approximate surface area is 200 Å². The van der Waals surface area contributed by atoms with E-state index in [1.807, 2.05) is 77.5 Å². The Morgan fingerprint density at radius 3 is 2.48 bits per heavy atom. The molecule has 1 amide bonds. The second-order valence-corrected chi connectivity index (χ2v) is 8.92. The lowest BCUT2D eigenvalue weighted by molar-refractivity contribution is -0.116. The second-order valence-electron chi connectivity index (χ2n) is 7.40. The van der Waals surface area contributed by atoms with E-state index in [0.717, 1.165) is 16.8 Å². The fraction of sp³-hybridized carbons (Fsp3) is 0.125. The number of carbonyl (C=O) groups is 1. The molecule has 3 aromatic carbocycles. The van der Waals surface area contributed by atoms with Crippen LogP contribution < -0.4 is 15.5 Å². The molecule has 2 heterocycles.